The predicted octanol–water partition coefficient (Wildman–Crippen LogP) is -0.463. The van der Waals surface area contributed by atoms with Crippen molar-refractivity contribution >= 4 is 5.91 Å². The summed E-state index contributed by atoms with van der Waals surface area (Å²) in [4.78, 5) is 19.9. The second-order valence-electron chi connectivity index (χ2n) is 4.76. The lowest BCUT2D eigenvalue weighted by molar-refractivity contribution is -0.132. The maximum Gasteiger partial charge on any atom is 0.270 e. The summed E-state index contributed by atoms with van der Waals surface area (Å²) in [5.41, 5.74) is 0.312. The van der Waals surface area contributed by atoms with Crippen molar-refractivity contribution in [2.75, 3.05) is 26.9 Å². The molecule has 7 heteroatoms. The van der Waals surface area contributed by atoms with Crippen molar-refractivity contribution in [3.63, 3.8) is 0 Å². The van der Waals surface area contributed by atoms with Gasteiger partial charge in [0.2, 0.25) is 0 Å². The van der Waals surface area contributed by atoms with E-state index in [2.05, 4.69) is 15.3 Å². The highest BCUT2D eigenvalue weighted by Gasteiger charge is 2.32. The van der Waals surface area contributed by atoms with Gasteiger partial charge in [-0.15, -0.1) is 0 Å². The molecule has 20 heavy (non-hydrogen) atoms. The zero-order chi connectivity index (χ0) is 14.5. The summed E-state index contributed by atoms with van der Waals surface area (Å²) in [7, 11) is 1.53. The maximum absolute atomic E-state index is 11.9. The van der Waals surface area contributed by atoms with Gasteiger partial charge in [-0.1, -0.05) is 0 Å². The lowest BCUT2D eigenvalue weighted by atomic mass is 9.96. The summed E-state index contributed by atoms with van der Waals surface area (Å²) >= 11 is 0. The molecular formula is C13H19N3O4. The molecule has 0 spiro atoms. The molecule has 2 N–H and O–H groups in total. The van der Waals surface area contributed by atoms with E-state index in [-0.39, 0.29) is 17.9 Å². The van der Waals surface area contributed by atoms with Gasteiger partial charge in [-0.25, -0.2) is 9.97 Å². The topological polar surface area (TPSA) is 93.6 Å². The summed E-state index contributed by atoms with van der Waals surface area (Å²) < 4.78 is 10.5. The maximum atomic E-state index is 11.9. The molecule has 2 rings (SSSR count). The van der Waals surface area contributed by atoms with E-state index in [0.717, 1.165) is 0 Å². The molecule has 7 nitrogen and oxygen atoms in total. The number of aryl methyl sites for hydroxylation is 1. The third-order valence-electron chi connectivity index (χ3n) is 3.31. The van der Waals surface area contributed by atoms with Crippen molar-refractivity contribution in [1.82, 2.24) is 15.3 Å². The first kappa shape index (κ1) is 14.8. The van der Waals surface area contributed by atoms with Crippen LogP contribution in [0, 0.1) is 12.8 Å². The Hall–Kier alpha value is -1.57. The normalized spacial score (nSPS) is 26.2. The Morgan fingerprint density at radius 2 is 2.40 bits per heavy atom. The fourth-order valence-electron chi connectivity index (χ4n) is 2.12. The minimum Gasteiger partial charge on any atom is -0.390 e. The van der Waals surface area contributed by atoms with Gasteiger partial charge in [0.25, 0.3) is 5.91 Å². The number of methoxy groups -OCH3 is 1. The van der Waals surface area contributed by atoms with Gasteiger partial charge in [-0.3, -0.25) is 4.79 Å². The average molecular weight is 281 g/mol. The summed E-state index contributed by atoms with van der Waals surface area (Å²) in [5, 5.41) is 12.8. The number of ether oxygens (including phenoxy) is 2. The average Bonchev–Trinajstić information content (AvgIpc) is 2.46. The van der Waals surface area contributed by atoms with Crippen LogP contribution in [-0.2, 0) is 9.47 Å². The zero-order valence-electron chi connectivity index (χ0n) is 11.6. The third kappa shape index (κ3) is 3.50. The van der Waals surface area contributed by atoms with Crippen LogP contribution in [0.15, 0.2) is 12.3 Å². The van der Waals surface area contributed by atoms with Crippen molar-refractivity contribution in [2.45, 2.75) is 19.1 Å². The predicted molar refractivity (Wildman–Crippen MR) is 70.2 cm³/mol. The van der Waals surface area contributed by atoms with Gasteiger partial charge in [-0.2, -0.15) is 0 Å². The Bertz CT molecular complexity index is 469. The zero-order valence-corrected chi connectivity index (χ0v) is 11.6. The van der Waals surface area contributed by atoms with Gasteiger partial charge in [0, 0.05) is 25.8 Å². The molecule has 3 atom stereocenters. The molecule has 1 aliphatic heterocycles. The molecule has 0 radical (unpaired) electrons. The van der Waals surface area contributed by atoms with Crippen LogP contribution in [0.25, 0.3) is 0 Å². The van der Waals surface area contributed by atoms with Crippen LogP contribution < -0.4 is 5.32 Å². The van der Waals surface area contributed by atoms with Gasteiger partial charge >= 0.3 is 0 Å². The number of nitrogens with one attached hydrogen (secondary N) is 1. The Balaban J connectivity index is 1.90. The molecule has 0 aromatic carbocycles. The van der Waals surface area contributed by atoms with E-state index in [1.165, 1.54) is 13.3 Å². The lowest BCUT2D eigenvalue weighted by Gasteiger charge is -2.33. The number of nitrogens with zero attached hydrogens (tertiary/aromatic N) is 2. The van der Waals surface area contributed by atoms with Gasteiger partial charge in [0.1, 0.15) is 17.6 Å². The number of carbonyl (C=O) groups is 1. The molecule has 1 fully saturated rings. The van der Waals surface area contributed by atoms with Crippen LogP contribution in [0.2, 0.25) is 0 Å². The fourth-order valence-corrected chi connectivity index (χ4v) is 2.12. The number of amides is 1. The number of aliphatic hydroxyl groups is 1. The molecule has 1 saturated heterocycles. The molecule has 1 aromatic rings. The fraction of sp³-hybridized carbons (Fsp3) is 0.615. The first-order valence-electron chi connectivity index (χ1n) is 6.48. The number of hydrogen-bond donors (Lipinski definition) is 2. The molecule has 1 amide bonds. The van der Waals surface area contributed by atoms with Crippen LogP contribution in [0.4, 0.5) is 0 Å². The molecule has 2 heterocycles. The monoisotopic (exact) mass is 281 g/mol. The third-order valence-corrected chi connectivity index (χ3v) is 3.31. The SMILES string of the molecule is CO[C@@H]1COC[C@@H](CNC(=O)c2ccnc(C)n2)[C@@H]1O. The van der Waals surface area contributed by atoms with Gasteiger partial charge in [0.15, 0.2) is 0 Å². The number of aromatic nitrogens is 2. The minimum atomic E-state index is -0.652. The Labute approximate surface area is 117 Å². The van der Waals surface area contributed by atoms with Crippen LogP contribution in [0.5, 0.6) is 0 Å². The highest BCUT2D eigenvalue weighted by molar-refractivity contribution is 5.92. The molecule has 0 aliphatic carbocycles. The number of aliphatic hydroxyl groups excluding tert-OH is 1. The van der Waals surface area contributed by atoms with E-state index in [4.69, 9.17) is 9.47 Å². The van der Waals surface area contributed by atoms with Crippen molar-refractivity contribution in [1.29, 1.82) is 0 Å². The number of rotatable bonds is 4. The second-order valence-corrected chi connectivity index (χ2v) is 4.76. The van der Waals surface area contributed by atoms with Gasteiger partial charge in [0.05, 0.1) is 19.3 Å². The molecule has 1 aromatic heterocycles. The van der Waals surface area contributed by atoms with E-state index in [0.29, 0.717) is 31.3 Å². The first-order chi connectivity index (χ1) is 9.61. The Morgan fingerprint density at radius 1 is 1.60 bits per heavy atom. The number of carbonyl (C=O) groups excluding carboxylic acids is 1. The lowest BCUT2D eigenvalue weighted by Crippen LogP contribution is -2.49. The quantitative estimate of drug-likeness (QED) is 0.775. The van der Waals surface area contributed by atoms with Gasteiger partial charge < -0.3 is 19.9 Å². The van der Waals surface area contributed by atoms with Crippen LogP contribution in [0.3, 0.4) is 0 Å². The largest absolute Gasteiger partial charge is 0.390 e. The summed E-state index contributed by atoms with van der Waals surface area (Å²) in [6.45, 7) is 2.79. The summed E-state index contributed by atoms with van der Waals surface area (Å²) in [6.07, 6.45) is 0.532. The first-order valence-corrected chi connectivity index (χ1v) is 6.48. The van der Waals surface area contributed by atoms with Crippen LogP contribution >= 0.6 is 0 Å². The molecule has 0 saturated carbocycles. The molecule has 1 aliphatic rings. The highest BCUT2D eigenvalue weighted by atomic mass is 16.5. The second kappa shape index (κ2) is 6.74. The van der Waals surface area contributed by atoms with E-state index in [9.17, 15) is 9.90 Å². The molecule has 0 bridgehead atoms. The van der Waals surface area contributed by atoms with Crippen LogP contribution in [-0.4, -0.2) is 60.1 Å². The van der Waals surface area contributed by atoms with E-state index in [1.807, 2.05) is 0 Å². The standard InChI is InChI=1S/C13H19N3O4/c1-8-14-4-3-10(16-8)13(18)15-5-9-6-20-7-11(19-2)12(9)17/h3-4,9,11-12,17H,5-7H2,1-2H3,(H,15,18)/t9-,11-,12+/m1/s1. The van der Waals surface area contributed by atoms with Crippen molar-refractivity contribution in [2.24, 2.45) is 5.92 Å². The van der Waals surface area contributed by atoms with Crippen molar-refractivity contribution in [3.05, 3.63) is 23.8 Å². The Kier molecular flexibility index (Phi) is 4.99. The summed E-state index contributed by atoms with van der Waals surface area (Å²) in [6, 6.07) is 1.55. The van der Waals surface area contributed by atoms with E-state index < -0.39 is 6.10 Å². The van der Waals surface area contributed by atoms with E-state index >= 15 is 0 Å². The molecular weight excluding hydrogens is 262 g/mol. The van der Waals surface area contributed by atoms with Crippen molar-refractivity contribution in [3.8, 4) is 0 Å². The summed E-state index contributed by atoms with van der Waals surface area (Å²) in [5.74, 6) is 0.0564. The highest BCUT2D eigenvalue weighted by Crippen LogP contribution is 2.16. The Morgan fingerprint density at radius 3 is 3.10 bits per heavy atom. The smallest absolute Gasteiger partial charge is 0.270 e. The van der Waals surface area contributed by atoms with E-state index in [1.54, 1.807) is 13.0 Å². The molecule has 110 valence electrons. The van der Waals surface area contributed by atoms with Crippen molar-refractivity contribution < 1.29 is 19.4 Å². The van der Waals surface area contributed by atoms with Crippen LogP contribution in [0.1, 0.15) is 16.3 Å². The molecule has 0 unspecified atom stereocenters. The van der Waals surface area contributed by atoms with Gasteiger partial charge in [-0.05, 0) is 13.0 Å². The minimum absolute atomic E-state index is 0.194. The number of hydrogen-bond acceptors (Lipinski definition) is 6.